The van der Waals surface area contributed by atoms with Crippen molar-refractivity contribution in [1.29, 1.82) is 0 Å². The number of nitrogens with zero attached hydrogens (tertiary/aromatic N) is 2. The van der Waals surface area contributed by atoms with E-state index in [0.29, 0.717) is 17.1 Å². The van der Waals surface area contributed by atoms with Crippen LogP contribution in [-0.2, 0) is 4.79 Å². The number of hydrogen-bond acceptors (Lipinski definition) is 2. The minimum atomic E-state index is -0.418. The van der Waals surface area contributed by atoms with Gasteiger partial charge in [0, 0.05) is 0 Å². The SMILES string of the molecule is Cc1cccc(N2C(=O)/C(=C\c3cccc4ccccc34)N=C2c2ccccc2F)c1. The van der Waals surface area contributed by atoms with Crippen LogP contribution in [0.4, 0.5) is 10.1 Å². The number of amides is 1. The van der Waals surface area contributed by atoms with Crippen LogP contribution in [0.1, 0.15) is 16.7 Å². The van der Waals surface area contributed by atoms with Gasteiger partial charge in [0.15, 0.2) is 5.84 Å². The van der Waals surface area contributed by atoms with Gasteiger partial charge >= 0.3 is 0 Å². The summed E-state index contributed by atoms with van der Waals surface area (Å²) in [5, 5.41) is 2.11. The molecule has 0 N–H and O–H groups in total. The lowest BCUT2D eigenvalue weighted by Crippen LogP contribution is -2.33. The first kappa shape index (κ1) is 18.9. The van der Waals surface area contributed by atoms with Crippen molar-refractivity contribution in [3.63, 3.8) is 0 Å². The Labute approximate surface area is 179 Å². The van der Waals surface area contributed by atoms with Gasteiger partial charge in [-0.25, -0.2) is 9.38 Å². The number of benzene rings is 4. The van der Waals surface area contributed by atoms with Crippen LogP contribution in [0.15, 0.2) is 102 Å². The van der Waals surface area contributed by atoms with Gasteiger partial charge in [-0.3, -0.25) is 9.69 Å². The van der Waals surface area contributed by atoms with Crippen LogP contribution in [0.2, 0.25) is 0 Å². The minimum Gasteiger partial charge on any atom is -0.266 e. The molecule has 1 heterocycles. The summed E-state index contributed by atoms with van der Waals surface area (Å²) in [6.07, 6.45) is 1.78. The smallest absolute Gasteiger partial charge is 0.266 e. The molecule has 150 valence electrons. The van der Waals surface area contributed by atoms with Crippen LogP contribution in [0.3, 0.4) is 0 Å². The maximum atomic E-state index is 14.7. The van der Waals surface area contributed by atoms with Gasteiger partial charge in [0.25, 0.3) is 5.91 Å². The molecule has 0 aliphatic carbocycles. The molecule has 1 aliphatic heterocycles. The van der Waals surface area contributed by atoms with Gasteiger partial charge < -0.3 is 0 Å². The van der Waals surface area contributed by atoms with E-state index in [2.05, 4.69) is 4.99 Å². The standard InChI is InChI=1S/C27H19FN2O/c1-18-8-6-12-21(16-18)30-26(23-14-4-5-15-24(23)28)29-25(27(30)31)17-20-11-7-10-19-9-2-3-13-22(19)20/h2-17H,1H3/b25-17+. The monoisotopic (exact) mass is 406 g/mol. The van der Waals surface area contributed by atoms with Gasteiger partial charge in [-0.1, -0.05) is 66.7 Å². The second-order valence-corrected chi connectivity index (χ2v) is 7.49. The average Bonchev–Trinajstić information content (AvgIpc) is 3.10. The molecule has 0 radical (unpaired) electrons. The number of hydrogen-bond donors (Lipinski definition) is 0. The first-order chi connectivity index (χ1) is 15.1. The summed E-state index contributed by atoms with van der Waals surface area (Å²) in [6, 6.07) is 27.9. The molecule has 5 rings (SSSR count). The van der Waals surface area contributed by atoms with E-state index in [4.69, 9.17) is 0 Å². The summed E-state index contributed by atoms with van der Waals surface area (Å²) in [4.78, 5) is 19.6. The van der Waals surface area contributed by atoms with Crippen molar-refractivity contribution in [2.75, 3.05) is 4.90 Å². The molecular weight excluding hydrogens is 387 g/mol. The van der Waals surface area contributed by atoms with Crippen molar-refractivity contribution in [2.45, 2.75) is 6.92 Å². The van der Waals surface area contributed by atoms with Crippen LogP contribution in [0.5, 0.6) is 0 Å². The van der Waals surface area contributed by atoms with E-state index in [1.165, 1.54) is 11.0 Å². The van der Waals surface area contributed by atoms with Gasteiger partial charge in [0.1, 0.15) is 11.5 Å². The fourth-order valence-corrected chi connectivity index (χ4v) is 3.87. The zero-order valence-corrected chi connectivity index (χ0v) is 16.9. The molecule has 0 saturated heterocycles. The Morgan fingerprint density at radius 2 is 1.61 bits per heavy atom. The zero-order chi connectivity index (χ0) is 21.4. The molecule has 0 spiro atoms. The van der Waals surface area contributed by atoms with Crippen LogP contribution >= 0.6 is 0 Å². The van der Waals surface area contributed by atoms with E-state index in [1.807, 2.05) is 73.7 Å². The summed E-state index contributed by atoms with van der Waals surface area (Å²) in [5.41, 5.74) is 3.12. The van der Waals surface area contributed by atoms with Gasteiger partial charge in [-0.2, -0.15) is 0 Å². The number of amidine groups is 1. The number of carbonyl (C=O) groups is 1. The van der Waals surface area contributed by atoms with Gasteiger partial charge in [0.05, 0.1) is 11.3 Å². The van der Waals surface area contributed by atoms with Crippen molar-refractivity contribution < 1.29 is 9.18 Å². The maximum Gasteiger partial charge on any atom is 0.282 e. The second-order valence-electron chi connectivity index (χ2n) is 7.49. The highest BCUT2D eigenvalue weighted by molar-refractivity contribution is 6.33. The number of halogens is 1. The lowest BCUT2D eigenvalue weighted by atomic mass is 10.0. The van der Waals surface area contributed by atoms with Crippen molar-refractivity contribution >= 4 is 34.3 Å². The summed E-state index contributed by atoms with van der Waals surface area (Å²) in [5.74, 6) is -0.407. The Balaban J connectivity index is 1.69. The van der Waals surface area contributed by atoms with E-state index >= 15 is 0 Å². The average molecular weight is 406 g/mol. The third kappa shape index (κ3) is 3.42. The van der Waals surface area contributed by atoms with E-state index in [9.17, 15) is 9.18 Å². The highest BCUT2D eigenvalue weighted by atomic mass is 19.1. The molecule has 31 heavy (non-hydrogen) atoms. The fourth-order valence-electron chi connectivity index (χ4n) is 3.87. The van der Waals surface area contributed by atoms with E-state index in [0.717, 1.165) is 21.9 Å². The van der Waals surface area contributed by atoms with Crippen LogP contribution in [-0.4, -0.2) is 11.7 Å². The van der Waals surface area contributed by atoms with Gasteiger partial charge in [0.2, 0.25) is 0 Å². The lowest BCUT2D eigenvalue weighted by Gasteiger charge is -2.19. The predicted molar refractivity (Wildman–Crippen MR) is 124 cm³/mol. The number of fused-ring (bicyclic) bond motifs is 1. The Morgan fingerprint density at radius 1 is 0.871 bits per heavy atom. The number of rotatable bonds is 3. The molecule has 4 aromatic rings. The van der Waals surface area contributed by atoms with E-state index < -0.39 is 5.82 Å². The highest BCUT2D eigenvalue weighted by Crippen LogP contribution is 2.30. The van der Waals surface area contributed by atoms with E-state index in [1.54, 1.807) is 24.3 Å². The minimum absolute atomic E-state index is 0.274. The lowest BCUT2D eigenvalue weighted by molar-refractivity contribution is -0.113. The molecule has 0 atom stereocenters. The Morgan fingerprint density at radius 3 is 2.45 bits per heavy atom. The van der Waals surface area contributed by atoms with Crippen LogP contribution in [0, 0.1) is 12.7 Å². The van der Waals surface area contributed by atoms with Crippen molar-refractivity contribution in [2.24, 2.45) is 4.99 Å². The normalized spacial score (nSPS) is 15.0. The summed E-state index contributed by atoms with van der Waals surface area (Å²) in [7, 11) is 0. The molecule has 3 nitrogen and oxygen atoms in total. The second kappa shape index (κ2) is 7.65. The highest BCUT2D eigenvalue weighted by Gasteiger charge is 2.33. The van der Waals surface area contributed by atoms with Crippen LogP contribution in [0.25, 0.3) is 16.8 Å². The molecule has 0 fully saturated rings. The molecule has 0 aromatic heterocycles. The Hall–Kier alpha value is -4.05. The predicted octanol–water partition coefficient (Wildman–Crippen LogP) is 6.12. The van der Waals surface area contributed by atoms with Gasteiger partial charge in [-0.15, -0.1) is 0 Å². The third-order valence-electron chi connectivity index (χ3n) is 5.35. The first-order valence-electron chi connectivity index (χ1n) is 10.1. The summed E-state index contributed by atoms with van der Waals surface area (Å²) in [6.45, 7) is 1.96. The number of aliphatic imine (C=N–C) groups is 1. The Kier molecular flexibility index (Phi) is 4.68. The van der Waals surface area contributed by atoms with Crippen molar-refractivity contribution in [1.82, 2.24) is 0 Å². The third-order valence-corrected chi connectivity index (χ3v) is 5.35. The topological polar surface area (TPSA) is 32.7 Å². The summed E-state index contributed by atoms with van der Waals surface area (Å²) < 4.78 is 14.7. The molecule has 1 amide bonds. The molecule has 4 aromatic carbocycles. The fraction of sp³-hybridized carbons (Fsp3) is 0.0370. The number of anilines is 1. The molecule has 4 heteroatoms. The molecular formula is C27H19FN2O. The van der Waals surface area contributed by atoms with Gasteiger partial charge in [-0.05, 0) is 59.2 Å². The maximum absolute atomic E-state index is 14.7. The first-order valence-corrected chi connectivity index (χ1v) is 10.1. The number of carbonyl (C=O) groups excluding carboxylic acids is 1. The van der Waals surface area contributed by atoms with Crippen LogP contribution < -0.4 is 4.90 Å². The summed E-state index contributed by atoms with van der Waals surface area (Å²) >= 11 is 0. The van der Waals surface area contributed by atoms with Crippen molar-refractivity contribution in [3.05, 3.63) is 119 Å². The Bertz CT molecular complexity index is 1380. The molecule has 1 aliphatic rings. The quantitative estimate of drug-likeness (QED) is 0.377. The molecule has 0 unspecified atom stereocenters. The zero-order valence-electron chi connectivity index (χ0n) is 16.9. The molecule has 0 bridgehead atoms. The van der Waals surface area contributed by atoms with Crippen molar-refractivity contribution in [3.8, 4) is 0 Å². The largest absolute Gasteiger partial charge is 0.282 e. The van der Waals surface area contributed by atoms with E-state index in [-0.39, 0.29) is 11.6 Å². The number of aryl methyl sites for hydroxylation is 1. The molecule has 0 saturated carbocycles.